The highest BCUT2D eigenvalue weighted by Gasteiger charge is 2.53. The zero-order chi connectivity index (χ0) is 24.2. The van der Waals surface area contributed by atoms with E-state index in [9.17, 15) is 14.4 Å². The van der Waals surface area contributed by atoms with Crippen LogP contribution in [0.2, 0.25) is 5.02 Å². The van der Waals surface area contributed by atoms with Crippen LogP contribution < -0.4 is 4.90 Å². The maximum atomic E-state index is 14.3. The number of amides is 1. The highest BCUT2D eigenvalue weighted by molar-refractivity contribution is 8.17. The highest BCUT2D eigenvalue weighted by Crippen LogP contribution is 2.49. The molecular formula is C25H30ClNO4S2. The van der Waals surface area contributed by atoms with Crippen molar-refractivity contribution in [2.24, 2.45) is 5.41 Å². The number of hydrogen-bond acceptors (Lipinski definition) is 6. The first-order valence-corrected chi connectivity index (χ1v) is 13.7. The van der Waals surface area contributed by atoms with Crippen molar-refractivity contribution in [3.8, 4) is 0 Å². The predicted molar refractivity (Wildman–Crippen MR) is 137 cm³/mol. The summed E-state index contributed by atoms with van der Waals surface area (Å²) in [4.78, 5) is 43.8. The number of anilines is 1. The number of benzene rings is 1. The Morgan fingerprint density at radius 2 is 1.70 bits per heavy atom. The molecule has 1 amide bonds. The van der Waals surface area contributed by atoms with Gasteiger partial charge in [0.2, 0.25) is 16.8 Å². The minimum absolute atomic E-state index is 0.194. The van der Waals surface area contributed by atoms with Crippen molar-refractivity contribution in [1.82, 2.24) is 0 Å². The van der Waals surface area contributed by atoms with Crippen LogP contribution in [0.4, 0.5) is 5.69 Å². The maximum absolute atomic E-state index is 14.3. The molecule has 0 bridgehead atoms. The summed E-state index contributed by atoms with van der Waals surface area (Å²) >= 11 is 8.47. The van der Waals surface area contributed by atoms with Crippen LogP contribution >= 0.6 is 35.1 Å². The lowest BCUT2D eigenvalue weighted by atomic mass is 9.77. The Kier molecular flexibility index (Phi) is 8.76. The maximum Gasteiger partial charge on any atom is 0.246 e. The number of carbonyl (C=O) groups is 3. The number of halogens is 1. The lowest BCUT2D eigenvalue weighted by Crippen LogP contribution is -2.48. The Bertz CT molecular complexity index is 979. The SMILES string of the molecule is CCCCC1(CCCC)C(=O)SC2=C(C(=O)C(SC)C(OC)=C2)N(c2ccc(Cl)cc2)C1=O. The lowest BCUT2D eigenvalue weighted by molar-refractivity contribution is -0.137. The third-order valence-electron chi connectivity index (χ3n) is 6.14. The van der Waals surface area contributed by atoms with Crippen molar-refractivity contribution in [3.05, 3.63) is 51.7 Å². The van der Waals surface area contributed by atoms with Crippen molar-refractivity contribution >= 4 is 57.6 Å². The zero-order valence-electron chi connectivity index (χ0n) is 19.5. The van der Waals surface area contributed by atoms with Gasteiger partial charge in [-0.2, -0.15) is 0 Å². The molecule has 0 spiro atoms. The number of allylic oxidation sites excluding steroid dienone is 2. The van der Waals surface area contributed by atoms with Gasteiger partial charge in [-0.05, 0) is 61.2 Å². The summed E-state index contributed by atoms with van der Waals surface area (Å²) in [6.07, 6.45) is 7.73. The molecule has 178 valence electrons. The molecule has 1 atom stereocenters. The minimum atomic E-state index is -1.19. The Morgan fingerprint density at radius 1 is 1.09 bits per heavy atom. The van der Waals surface area contributed by atoms with E-state index in [1.54, 1.807) is 30.3 Å². The third kappa shape index (κ3) is 4.91. The van der Waals surface area contributed by atoms with Gasteiger partial charge in [-0.1, -0.05) is 51.1 Å². The smallest absolute Gasteiger partial charge is 0.246 e. The first-order valence-electron chi connectivity index (χ1n) is 11.2. The van der Waals surface area contributed by atoms with E-state index in [-0.39, 0.29) is 22.5 Å². The molecule has 5 nitrogen and oxygen atoms in total. The van der Waals surface area contributed by atoms with Crippen LogP contribution in [0.25, 0.3) is 0 Å². The van der Waals surface area contributed by atoms with Gasteiger partial charge in [0.1, 0.15) is 22.1 Å². The van der Waals surface area contributed by atoms with Crippen LogP contribution in [0.1, 0.15) is 52.4 Å². The number of thioether (sulfide) groups is 2. The molecule has 33 heavy (non-hydrogen) atoms. The van der Waals surface area contributed by atoms with Gasteiger partial charge in [0.15, 0.2) is 0 Å². The van der Waals surface area contributed by atoms with Crippen molar-refractivity contribution in [3.63, 3.8) is 0 Å². The van der Waals surface area contributed by atoms with Gasteiger partial charge in [-0.25, -0.2) is 0 Å². The molecule has 1 heterocycles. The molecule has 8 heteroatoms. The molecule has 1 unspecified atom stereocenters. The van der Waals surface area contributed by atoms with Gasteiger partial charge in [-0.15, -0.1) is 11.8 Å². The van der Waals surface area contributed by atoms with Crippen LogP contribution in [0.3, 0.4) is 0 Å². The molecular weight excluding hydrogens is 478 g/mol. The van der Waals surface area contributed by atoms with Gasteiger partial charge >= 0.3 is 0 Å². The quantitative estimate of drug-likeness (QED) is 0.362. The summed E-state index contributed by atoms with van der Waals surface area (Å²) in [6.45, 7) is 4.10. The molecule has 1 aromatic rings. The fourth-order valence-electron chi connectivity index (χ4n) is 4.27. The number of ether oxygens (including phenoxy) is 1. The van der Waals surface area contributed by atoms with Crippen LogP contribution in [-0.2, 0) is 19.1 Å². The summed E-state index contributed by atoms with van der Waals surface area (Å²) in [5.74, 6) is -0.0661. The van der Waals surface area contributed by atoms with E-state index < -0.39 is 10.7 Å². The number of carbonyl (C=O) groups excluding carboxylic acids is 3. The number of nitrogens with zero attached hydrogens (tertiary/aromatic N) is 1. The van der Waals surface area contributed by atoms with Crippen LogP contribution in [0.15, 0.2) is 46.7 Å². The van der Waals surface area contributed by atoms with Crippen LogP contribution in [0, 0.1) is 5.41 Å². The minimum Gasteiger partial charge on any atom is -0.499 e. The van der Waals surface area contributed by atoms with E-state index in [0.29, 0.717) is 34.2 Å². The molecule has 0 fully saturated rings. The largest absolute Gasteiger partial charge is 0.499 e. The number of ketones is 1. The van der Waals surface area contributed by atoms with E-state index in [4.69, 9.17) is 16.3 Å². The number of Topliss-reactive ketones (excluding diaryl/α,β-unsaturated/α-hetero) is 1. The topological polar surface area (TPSA) is 63.7 Å². The lowest BCUT2D eigenvalue weighted by Gasteiger charge is -2.35. The molecule has 0 aromatic heterocycles. The first kappa shape index (κ1) is 25.9. The molecule has 1 aromatic carbocycles. The summed E-state index contributed by atoms with van der Waals surface area (Å²) in [6, 6.07) is 6.85. The summed E-state index contributed by atoms with van der Waals surface area (Å²) in [5.41, 5.74) is -0.410. The highest BCUT2D eigenvalue weighted by atomic mass is 35.5. The van der Waals surface area contributed by atoms with Crippen LogP contribution in [0.5, 0.6) is 0 Å². The second-order valence-corrected chi connectivity index (χ2v) is 10.6. The predicted octanol–water partition coefficient (Wildman–Crippen LogP) is 6.37. The van der Waals surface area contributed by atoms with E-state index in [2.05, 4.69) is 0 Å². The van der Waals surface area contributed by atoms with Gasteiger partial charge in [0.05, 0.1) is 7.11 Å². The Labute approximate surface area is 209 Å². The Balaban J connectivity index is 2.27. The zero-order valence-corrected chi connectivity index (χ0v) is 21.9. The van der Waals surface area contributed by atoms with Gasteiger partial charge < -0.3 is 4.74 Å². The van der Waals surface area contributed by atoms with Crippen molar-refractivity contribution in [1.29, 1.82) is 0 Å². The first-order chi connectivity index (χ1) is 15.8. The molecule has 0 saturated heterocycles. The second-order valence-electron chi connectivity index (χ2n) is 8.24. The number of rotatable bonds is 9. The number of hydrogen-bond donors (Lipinski definition) is 0. The summed E-state index contributed by atoms with van der Waals surface area (Å²) < 4.78 is 5.50. The number of unbranched alkanes of at least 4 members (excludes halogenated alkanes) is 2. The Morgan fingerprint density at radius 3 is 2.21 bits per heavy atom. The molecule has 0 N–H and O–H groups in total. The van der Waals surface area contributed by atoms with Crippen molar-refractivity contribution in [2.45, 2.75) is 57.6 Å². The average molecular weight is 508 g/mol. The average Bonchev–Trinajstić information content (AvgIpc) is 2.90. The summed E-state index contributed by atoms with van der Waals surface area (Å²) in [5, 5.41) is -0.242. The van der Waals surface area contributed by atoms with E-state index in [1.807, 2.05) is 20.1 Å². The standard InChI is InChI=1S/C25H30ClNO4S2/c1-5-7-13-25(14-8-6-2)23(29)27(17-11-9-16(26)10-12-17)20-19(33-24(25)30)15-18(31-3)22(32-4)21(20)28/h9-12,15,22H,5-8,13-14H2,1-4H3. The molecule has 2 aliphatic rings. The van der Waals surface area contributed by atoms with E-state index in [1.165, 1.54) is 23.8 Å². The monoisotopic (exact) mass is 507 g/mol. The van der Waals surface area contributed by atoms with Crippen molar-refractivity contribution in [2.75, 3.05) is 18.3 Å². The Hall–Kier alpha value is -1.70. The summed E-state index contributed by atoms with van der Waals surface area (Å²) in [7, 11) is 1.52. The second kappa shape index (κ2) is 11.2. The fourth-order valence-corrected chi connectivity index (χ4v) is 6.27. The molecule has 0 radical (unpaired) electrons. The van der Waals surface area contributed by atoms with Gasteiger partial charge in [-0.3, -0.25) is 19.3 Å². The molecule has 1 aliphatic carbocycles. The normalized spacial score (nSPS) is 20.5. The fraction of sp³-hybridized carbons (Fsp3) is 0.480. The van der Waals surface area contributed by atoms with E-state index in [0.717, 1.165) is 37.4 Å². The number of methoxy groups -OCH3 is 1. The van der Waals surface area contributed by atoms with Crippen molar-refractivity contribution < 1.29 is 19.1 Å². The van der Waals surface area contributed by atoms with Gasteiger partial charge in [0.25, 0.3) is 0 Å². The third-order valence-corrected chi connectivity index (χ3v) is 8.41. The molecule has 3 rings (SSSR count). The molecule has 0 saturated carbocycles. The van der Waals surface area contributed by atoms with E-state index >= 15 is 0 Å². The van der Waals surface area contributed by atoms with Crippen LogP contribution in [-0.4, -0.2) is 35.4 Å². The molecule has 1 aliphatic heterocycles. The van der Waals surface area contributed by atoms with Gasteiger partial charge in [0, 0.05) is 15.6 Å².